The molecule has 3 heterocycles. The SMILES string of the molecule is Cl.O=C(NCCc1ccccn1)c1n[nH]c2c1CNCC2. The molecule has 1 aliphatic heterocycles. The molecule has 7 heteroatoms. The Hall–Kier alpha value is -1.92. The lowest BCUT2D eigenvalue weighted by molar-refractivity contribution is 0.0948. The first-order valence-electron chi connectivity index (χ1n) is 6.79. The van der Waals surface area contributed by atoms with Gasteiger partial charge in [-0.25, -0.2) is 0 Å². The predicted octanol–water partition coefficient (Wildman–Crippen LogP) is 0.845. The molecule has 0 unspecified atom stereocenters. The Kier molecular flexibility index (Phi) is 5.30. The topological polar surface area (TPSA) is 82.7 Å². The molecule has 1 amide bonds. The van der Waals surface area contributed by atoms with Crippen LogP contribution in [0.2, 0.25) is 0 Å². The van der Waals surface area contributed by atoms with Crippen LogP contribution in [0.3, 0.4) is 0 Å². The van der Waals surface area contributed by atoms with Crippen molar-refractivity contribution in [2.24, 2.45) is 0 Å². The molecule has 0 radical (unpaired) electrons. The highest BCUT2D eigenvalue weighted by Crippen LogP contribution is 2.14. The zero-order valence-electron chi connectivity index (χ0n) is 11.6. The Morgan fingerprint density at radius 1 is 1.38 bits per heavy atom. The van der Waals surface area contributed by atoms with E-state index in [1.165, 1.54) is 0 Å². The summed E-state index contributed by atoms with van der Waals surface area (Å²) >= 11 is 0. The Bertz CT molecular complexity index is 599. The van der Waals surface area contributed by atoms with Crippen molar-refractivity contribution in [1.29, 1.82) is 0 Å². The summed E-state index contributed by atoms with van der Waals surface area (Å²) in [5.41, 5.74) is 3.54. The van der Waals surface area contributed by atoms with E-state index in [0.717, 1.165) is 36.3 Å². The molecule has 1 aliphatic rings. The number of rotatable bonds is 4. The third kappa shape index (κ3) is 3.59. The number of carbonyl (C=O) groups excluding carboxylic acids is 1. The van der Waals surface area contributed by atoms with Gasteiger partial charge in [-0.2, -0.15) is 5.10 Å². The number of pyridine rings is 1. The summed E-state index contributed by atoms with van der Waals surface area (Å²) in [6, 6.07) is 5.78. The van der Waals surface area contributed by atoms with Gasteiger partial charge in [-0.1, -0.05) is 6.07 Å². The minimum atomic E-state index is -0.123. The monoisotopic (exact) mass is 307 g/mol. The minimum Gasteiger partial charge on any atom is -0.350 e. The number of carbonyl (C=O) groups is 1. The van der Waals surface area contributed by atoms with Crippen LogP contribution in [0.15, 0.2) is 24.4 Å². The number of hydrogen-bond donors (Lipinski definition) is 3. The molecule has 3 rings (SSSR count). The molecule has 0 atom stereocenters. The maximum absolute atomic E-state index is 12.1. The standard InChI is InChI=1S/C14H17N5O.ClH/c20-14(17-8-4-10-3-1-2-6-16-10)13-11-9-15-7-5-12(11)18-19-13;/h1-3,6,15H,4-5,7-9H2,(H,17,20)(H,18,19);1H. The van der Waals surface area contributed by atoms with Crippen LogP contribution in [0.5, 0.6) is 0 Å². The van der Waals surface area contributed by atoms with Crippen molar-refractivity contribution in [3.8, 4) is 0 Å². The van der Waals surface area contributed by atoms with Crippen LogP contribution in [-0.2, 0) is 19.4 Å². The van der Waals surface area contributed by atoms with Gasteiger partial charge < -0.3 is 10.6 Å². The van der Waals surface area contributed by atoms with Gasteiger partial charge in [0, 0.05) is 55.6 Å². The molecule has 0 saturated carbocycles. The lowest BCUT2D eigenvalue weighted by Gasteiger charge is -2.12. The number of aromatic nitrogens is 3. The highest BCUT2D eigenvalue weighted by molar-refractivity contribution is 5.94. The quantitative estimate of drug-likeness (QED) is 0.782. The number of fused-ring (bicyclic) bond motifs is 1. The smallest absolute Gasteiger partial charge is 0.272 e. The van der Waals surface area contributed by atoms with Crippen molar-refractivity contribution in [3.05, 3.63) is 47.0 Å². The van der Waals surface area contributed by atoms with E-state index in [2.05, 4.69) is 25.8 Å². The highest BCUT2D eigenvalue weighted by Gasteiger charge is 2.20. The molecule has 0 saturated heterocycles. The summed E-state index contributed by atoms with van der Waals surface area (Å²) in [7, 11) is 0. The van der Waals surface area contributed by atoms with E-state index < -0.39 is 0 Å². The van der Waals surface area contributed by atoms with E-state index in [1.54, 1.807) is 6.20 Å². The zero-order valence-corrected chi connectivity index (χ0v) is 12.4. The molecular weight excluding hydrogens is 290 g/mol. The van der Waals surface area contributed by atoms with Crippen LogP contribution in [0, 0.1) is 0 Å². The molecule has 2 aromatic rings. The average Bonchev–Trinajstić information content (AvgIpc) is 2.92. The van der Waals surface area contributed by atoms with Gasteiger partial charge in [0.2, 0.25) is 0 Å². The lowest BCUT2D eigenvalue weighted by Crippen LogP contribution is -2.29. The highest BCUT2D eigenvalue weighted by atomic mass is 35.5. The van der Waals surface area contributed by atoms with Gasteiger partial charge in [0.15, 0.2) is 5.69 Å². The first-order valence-corrected chi connectivity index (χ1v) is 6.79. The summed E-state index contributed by atoms with van der Waals surface area (Å²) in [4.78, 5) is 16.4. The maximum atomic E-state index is 12.1. The van der Waals surface area contributed by atoms with E-state index in [9.17, 15) is 4.79 Å². The van der Waals surface area contributed by atoms with Gasteiger partial charge in [-0.05, 0) is 12.1 Å². The van der Waals surface area contributed by atoms with Crippen molar-refractivity contribution >= 4 is 18.3 Å². The van der Waals surface area contributed by atoms with Crippen molar-refractivity contribution in [2.75, 3.05) is 13.1 Å². The molecule has 6 nitrogen and oxygen atoms in total. The molecular formula is C14H18ClN5O. The number of amides is 1. The van der Waals surface area contributed by atoms with Crippen LogP contribution < -0.4 is 10.6 Å². The second kappa shape index (κ2) is 7.19. The summed E-state index contributed by atoms with van der Waals surface area (Å²) in [6.45, 7) is 2.19. The predicted molar refractivity (Wildman–Crippen MR) is 81.5 cm³/mol. The average molecular weight is 308 g/mol. The lowest BCUT2D eigenvalue weighted by atomic mass is 10.1. The third-order valence-corrected chi connectivity index (χ3v) is 3.41. The molecule has 0 bridgehead atoms. The van der Waals surface area contributed by atoms with E-state index in [0.29, 0.717) is 18.8 Å². The van der Waals surface area contributed by atoms with Gasteiger partial charge in [-0.15, -0.1) is 12.4 Å². The Labute approximate surface area is 129 Å². The van der Waals surface area contributed by atoms with Crippen LogP contribution in [0.25, 0.3) is 0 Å². The van der Waals surface area contributed by atoms with E-state index >= 15 is 0 Å². The normalized spacial score (nSPS) is 13.1. The minimum absolute atomic E-state index is 0. The molecule has 112 valence electrons. The fourth-order valence-corrected chi connectivity index (χ4v) is 2.35. The van der Waals surface area contributed by atoms with Crippen molar-refractivity contribution < 1.29 is 4.79 Å². The van der Waals surface area contributed by atoms with E-state index in [-0.39, 0.29) is 18.3 Å². The summed E-state index contributed by atoms with van der Waals surface area (Å²) in [5.74, 6) is -0.123. The number of aromatic amines is 1. The molecule has 0 spiro atoms. The number of nitrogens with one attached hydrogen (secondary N) is 3. The van der Waals surface area contributed by atoms with Crippen LogP contribution in [0.1, 0.15) is 27.4 Å². The second-order valence-electron chi connectivity index (χ2n) is 4.78. The van der Waals surface area contributed by atoms with Crippen molar-refractivity contribution in [3.63, 3.8) is 0 Å². The van der Waals surface area contributed by atoms with Gasteiger partial charge in [0.05, 0.1) is 0 Å². The summed E-state index contributed by atoms with van der Waals surface area (Å²) in [6.07, 6.45) is 3.37. The molecule has 3 N–H and O–H groups in total. The van der Waals surface area contributed by atoms with Gasteiger partial charge >= 0.3 is 0 Å². The van der Waals surface area contributed by atoms with Gasteiger partial charge in [-0.3, -0.25) is 14.9 Å². The fraction of sp³-hybridized carbons (Fsp3) is 0.357. The van der Waals surface area contributed by atoms with Gasteiger partial charge in [0.1, 0.15) is 0 Å². The first kappa shape index (κ1) is 15.5. The first-order chi connectivity index (χ1) is 9.84. The van der Waals surface area contributed by atoms with Crippen LogP contribution in [-0.4, -0.2) is 34.2 Å². The molecule has 0 fully saturated rings. The Morgan fingerprint density at radius 3 is 3.10 bits per heavy atom. The summed E-state index contributed by atoms with van der Waals surface area (Å²) < 4.78 is 0. The van der Waals surface area contributed by atoms with Gasteiger partial charge in [0.25, 0.3) is 5.91 Å². The van der Waals surface area contributed by atoms with Crippen molar-refractivity contribution in [1.82, 2.24) is 25.8 Å². The molecule has 0 aliphatic carbocycles. The Balaban J connectivity index is 0.00000161. The van der Waals surface area contributed by atoms with Crippen LogP contribution in [0.4, 0.5) is 0 Å². The second-order valence-corrected chi connectivity index (χ2v) is 4.78. The van der Waals surface area contributed by atoms with Crippen LogP contribution >= 0.6 is 12.4 Å². The molecule has 21 heavy (non-hydrogen) atoms. The third-order valence-electron chi connectivity index (χ3n) is 3.41. The number of H-pyrrole nitrogens is 1. The summed E-state index contributed by atoms with van der Waals surface area (Å²) in [5, 5.41) is 13.2. The zero-order chi connectivity index (χ0) is 13.8. The molecule has 0 aromatic carbocycles. The molecule has 2 aromatic heterocycles. The Morgan fingerprint density at radius 2 is 2.29 bits per heavy atom. The number of hydrogen-bond acceptors (Lipinski definition) is 4. The van der Waals surface area contributed by atoms with Crippen molar-refractivity contribution in [2.45, 2.75) is 19.4 Å². The van der Waals surface area contributed by atoms with E-state index in [4.69, 9.17) is 0 Å². The number of halogens is 1. The fourth-order valence-electron chi connectivity index (χ4n) is 2.35. The largest absolute Gasteiger partial charge is 0.350 e. The number of nitrogens with zero attached hydrogens (tertiary/aromatic N) is 2. The maximum Gasteiger partial charge on any atom is 0.272 e. The van der Waals surface area contributed by atoms with E-state index in [1.807, 2.05) is 18.2 Å².